The second kappa shape index (κ2) is 8.00. The molecule has 3 aromatic rings. The standard InChI is InChI=1S/C22H27N5O4S/c1-15-21(16(2)31-24-15)32(29,30)26-10-5-17(6-11-26)18-7-12-27-20(13-18)19(14-23-27)22(28)25-8-3-4-9-25/h7,12-14,17H,3-6,8-11H2,1-2H3. The van der Waals surface area contributed by atoms with E-state index >= 15 is 0 Å². The summed E-state index contributed by atoms with van der Waals surface area (Å²) < 4.78 is 34.5. The SMILES string of the molecule is Cc1noc(C)c1S(=O)(=O)N1CCC(c2ccn3ncc(C(=O)N4CCCC4)c3c2)CC1. The first-order chi connectivity index (χ1) is 15.4. The number of hydrogen-bond acceptors (Lipinski definition) is 6. The summed E-state index contributed by atoms with van der Waals surface area (Å²) in [5, 5.41) is 8.15. The quantitative estimate of drug-likeness (QED) is 0.597. The van der Waals surface area contributed by atoms with Gasteiger partial charge in [0.2, 0.25) is 10.0 Å². The predicted molar refractivity (Wildman–Crippen MR) is 117 cm³/mol. The van der Waals surface area contributed by atoms with E-state index < -0.39 is 10.0 Å². The molecule has 9 nitrogen and oxygen atoms in total. The number of pyridine rings is 1. The highest BCUT2D eigenvalue weighted by Crippen LogP contribution is 2.33. The highest BCUT2D eigenvalue weighted by atomic mass is 32.2. The van der Waals surface area contributed by atoms with Crippen LogP contribution in [-0.4, -0.2) is 64.5 Å². The number of amides is 1. The van der Waals surface area contributed by atoms with Crippen LogP contribution in [0.3, 0.4) is 0 Å². The zero-order valence-electron chi connectivity index (χ0n) is 18.3. The number of aryl methyl sites for hydroxylation is 2. The summed E-state index contributed by atoms with van der Waals surface area (Å²) in [5.41, 5.74) is 2.95. The lowest BCUT2D eigenvalue weighted by Crippen LogP contribution is -2.38. The van der Waals surface area contributed by atoms with Crippen molar-refractivity contribution in [2.45, 2.75) is 50.3 Å². The lowest BCUT2D eigenvalue weighted by molar-refractivity contribution is 0.0794. The first-order valence-corrected chi connectivity index (χ1v) is 12.5. The van der Waals surface area contributed by atoms with Crippen molar-refractivity contribution in [1.82, 2.24) is 24.0 Å². The van der Waals surface area contributed by atoms with Crippen LogP contribution in [0.15, 0.2) is 33.9 Å². The van der Waals surface area contributed by atoms with Gasteiger partial charge in [-0.05, 0) is 63.1 Å². The lowest BCUT2D eigenvalue weighted by atomic mass is 9.90. The smallest absolute Gasteiger partial charge is 0.257 e. The molecule has 0 saturated carbocycles. The minimum atomic E-state index is -3.63. The first-order valence-electron chi connectivity index (χ1n) is 11.1. The molecule has 2 fully saturated rings. The van der Waals surface area contributed by atoms with Gasteiger partial charge in [-0.2, -0.15) is 9.40 Å². The molecule has 10 heteroatoms. The van der Waals surface area contributed by atoms with Gasteiger partial charge in [0.15, 0.2) is 5.76 Å². The summed E-state index contributed by atoms with van der Waals surface area (Å²) in [6, 6.07) is 4.06. The molecule has 5 heterocycles. The minimum absolute atomic E-state index is 0.0371. The summed E-state index contributed by atoms with van der Waals surface area (Å²) >= 11 is 0. The van der Waals surface area contributed by atoms with Crippen molar-refractivity contribution in [2.75, 3.05) is 26.2 Å². The molecule has 2 aliphatic rings. The third kappa shape index (κ3) is 3.51. The van der Waals surface area contributed by atoms with E-state index in [1.54, 1.807) is 24.6 Å². The lowest BCUT2D eigenvalue weighted by Gasteiger charge is -2.31. The number of hydrogen-bond donors (Lipinski definition) is 0. The Morgan fingerprint density at radius 1 is 1.12 bits per heavy atom. The van der Waals surface area contributed by atoms with Gasteiger partial charge in [0.25, 0.3) is 5.91 Å². The Balaban J connectivity index is 1.35. The maximum atomic E-state index is 13.1. The van der Waals surface area contributed by atoms with Crippen LogP contribution in [0.25, 0.3) is 5.52 Å². The van der Waals surface area contributed by atoms with Crippen molar-refractivity contribution in [3.8, 4) is 0 Å². The van der Waals surface area contributed by atoms with Crippen LogP contribution in [0.1, 0.15) is 59.0 Å². The molecule has 0 spiro atoms. The fraction of sp³-hybridized carbons (Fsp3) is 0.500. The largest absolute Gasteiger partial charge is 0.360 e. The zero-order valence-corrected chi connectivity index (χ0v) is 19.1. The molecule has 2 aliphatic heterocycles. The molecule has 0 aliphatic carbocycles. The van der Waals surface area contributed by atoms with E-state index in [1.807, 2.05) is 23.2 Å². The molecule has 0 aromatic carbocycles. The summed E-state index contributed by atoms with van der Waals surface area (Å²) in [5.74, 6) is 0.585. The van der Waals surface area contributed by atoms with Gasteiger partial charge in [-0.3, -0.25) is 4.79 Å². The first kappa shape index (κ1) is 21.1. The van der Waals surface area contributed by atoms with Gasteiger partial charge >= 0.3 is 0 Å². The van der Waals surface area contributed by atoms with Gasteiger partial charge in [-0.1, -0.05) is 5.16 Å². The summed E-state index contributed by atoms with van der Waals surface area (Å²) in [6.07, 6.45) is 7.05. The Morgan fingerprint density at radius 2 is 1.84 bits per heavy atom. The normalized spacial score (nSPS) is 18.6. The third-order valence-corrected chi connectivity index (χ3v) is 8.80. The second-order valence-electron chi connectivity index (χ2n) is 8.68. The maximum absolute atomic E-state index is 13.1. The average Bonchev–Trinajstić information content (AvgIpc) is 3.53. The summed E-state index contributed by atoms with van der Waals surface area (Å²) in [7, 11) is -3.63. The summed E-state index contributed by atoms with van der Waals surface area (Å²) in [4.78, 5) is 15.0. The maximum Gasteiger partial charge on any atom is 0.257 e. The Bertz CT molecular complexity index is 1250. The van der Waals surface area contributed by atoms with Crippen molar-refractivity contribution >= 4 is 21.4 Å². The molecule has 3 aromatic heterocycles. The van der Waals surface area contributed by atoms with E-state index in [0.29, 0.717) is 42.9 Å². The fourth-order valence-corrected chi connectivity index (χ4v) is 6.67. The zero-order chi connectivity index (χ0) is 22.5. The molecule has 5 rings (SSSR count). The third-order valence-electron chi connectivity index (χ3n) is 6.66. The van der Waals surface area contributed by atoms with Gasteiger partial charge in [0, 0.05) is 32.4 Å². The molecule has 0 unspecified atom stereocenters. The van der Waals surface area contributed by atoms with E-state index in [0.717, 1.165) is 37.0 Å². The number of likely N-dealkylation sites (tertiary alicyclic amines) is 1. The van der Waals surface area contributed by atoms with Gasteiger partial charge in [0.1, 0.15) is 10.6 Å². The number of nitrogens with zero attached hydrogens (tertiary/aromatic N) is 5. The van der Waals surface area contributed by atoms with Crippen molar-refractivity contribution < 1.29 is 17.7 Å². The van der Waals surface area contributed by atoms with E-state index in [-0.39, 0.29) is 16.7 Å². The number of carbonyl (C=O) groups is 1. The average molecular weight is 458 g/mol. The van der Waals surface area contributed by atoms with E-state index in [1.165, 1.54) is 4.31 Å². The van der Waals surface area contributed by atoms with E-state index in [4.69, 9.17) is 4.52 Å². The molecule has 1 amide bonds. The van der Waals surface area contributed by atoms with Crippen molar-refractivity contribution in [1.29, 1.82) is 0 Å². The Morgan fingerprint density at radius 3 is 2.50 bits per heavy atom. The number of fused-ring (bicyclic) bond motifs is 1. The highest BCUT2D eigenvalue weighted by Gasteiger charge is 2.34. The van der Waals surface area contributed by atoms with Crippen LogP contribution in [0.5, 0.6) is 0 Å². The Labute approximate surface area is 187 Å². The number of sulfonamides is 1. The monoisotopic (exact) mass is 457 g/mol. The highest BCUT2D eigenvalue weighted by molar-refractivity contribution is 7.89. The summed E-state index contributed by atoms with van der Waals surface area (Å²) in [6.45, 7) is 5.74. The van der Waals surface area contributed by atoms with Crippen LogP contribution >= 0.6 is 0 Å². The molecule has 170 valence electrons. The van der Waals surface area contributed by atoms with Crippen molar-refractivity contribution in [2.24, 2.45) is 0 Å². The Kier molecular flexibility index (Phi) is 5.29. The van der Waals surface area contributed by atoms with Crippen molar-refractivity contribution in [3.05, 3.63) is 47.1 Å². The van der Waals surface area contributed by atoms with Crippen LogP contribution in [0.4, 0.5) is 0 Å². The molecule has 0 bridgehead atoms. The number of rotatable bonds is 4. The topological polar surface area (TPSA) is 101 Å². The molecule has 0 radical (unpaired) electrons. The Hall–Kier alpha value is -2.72. The van der Waals surface area contributed by atoms with Gasteiger partial charge < -0.3 is 9.42 Å². The van der Waals surface area contributed by atoms with Gasteiger partial charge in [-0.25, -0.2) is 12.9 Å². The molecule has 0 atom stereocenters. The fourth-order valence-electron chi connectivity index (χ4n) is 4.91. The van der Waals surface area contributed by atoms with Crippen LogP contribution < -0.4 is 0 Å². The predicted octanol–water partition coefficient (Wildman–Crippen LogP) is 2.74. The van der Waals surface area contributed by atoms with E-state index in [2.05, 4.69) is 10.3 Å². The van der Waals surface area contributed by atoms with E-state index in [9.17, 15) is 13.2 Å². The molecule has 2 saturated heterocycles. The number of piperidine rings is 1. The number of carbonyl (C=O) groups excluding carboxylic acids is 1. The number of aromatic nitrogens is 3. The van der Waals surface area contributed by atoms with Crippen LogP contribution in [-0.2, 0) is 10.0 Å². The minimum Gasteiger partial charge on any atom is -0.360 e. The molecule has 0 N–H and O–H groups in total. The van der Waals surface area contributed by atoms with Gasteiger partial charge in [0.05, 0.1) is 17.3 Å². The van der Waals surface area contributed by atoms with Gasteiger partial charge in [-0.15, -0.1) is 0 Å². The second-order valence-corrected chi connectivity index (χ2v) is 10.6. The van der Waals surface area contributed by atoms with Crippen LogP contribution in [0, 0.1) is 13.8 Å². The molecular weight excluding hydrogens is 430 g/mol. The van der Waals surface area contributed by atoms with Crippen LogP contribution in [0.2, 0.25) is 0 Å². The van der Waals surface area contributed by atoms with Crippen molar-refractivity contribution in [3.63, 3.8) is 0 Å². The molecule has 32 heavy (non-hydrogen) atoms. The molecular formula is C22H27N5O4S.